The van der Waals surface area contributed by atoms with Gasteiger partial charge in [-0.3, -0.25) is 4.79 Å². The number of carbonyl (C=O) groups excluding carboxylic acids is 1. The van der Waals surface area contributed by atoms with Crippen LogP contribution in [0, 0.1) is 6.92 Å². The topological polar surface area (TPSA) is 43.1 Å². The van der Waals surface area contributed by atoms with Crippen LogP contribution >= 0.6 is 0 Å². The van der Waals surface area contributed by atoms with Gasteiger partial charge in [0.1, 0.15) is 0 Å². The van der Waals surface area contributed by atoms with E-state index in [4.69, 9.17) is 5.73 Å². The number of hydrogen-bond acceptors (Lipinski definition) is 1. The molecule has 0 saturated carbocycles. The van der Waals surface area contributed by atoms with Crippen molar-refractivity contribution in [2.24, 2.45) is 5.73 Å². The molecule has 0 aromatic heterocycles. The Morgan fingerprint density at radius 1 is 1.38 bits per heavy atom. The Labute approximate surface area is 78.8 Å². The third-order valence-electron chi connectivity index (χ3n) is 2.13. The average molecular weight is 177 g/mol. The van der Waals surface area contributed by atoms with Crippen LogP contribution in [0.3, 0.4) is 0 Å². The maximum atomic E-state index is 10.5. The molecule has 0 aliphatic rings. The second-order valence-electron chi connectivity index (χ2n) is 3.25. The molecule has 0 atom stereocenters. The van der Waals surface area contributed by atoms with E-state index in [2.05, 4.69) is 19.1 Å². The zero-order chi connectivity index (χ0) is 9.68. The molecule has 0 fully saturated rings. The Bertz CT molecular complexity index is 294. The average Bonchev–Trinajstić information content (AvgIpc) is 2.08. The SMILES string of the molecule is Cc1ccccc1CCCC(N)=O. The molecule has 1 amide bonds. The van der Waals surface area contributed by atoms with E-state index in [-0.39, 0.29) is 5.91 Å². The summed E-state index contributed by atoms with van der Waals surface area (Å²) in [5.74, 6) is -0.214. The number of benzene rings is 1. The van der Waals surface area contributed by atoms with E-state index >= 15 is 0 Å². The number of carbonyl (C=O) groups is 1. The van der Waals surface area contributed by atoms with Crippen LogP contribution in [0.1, 0.15) is 24.0 Å². The number of aryl methyl sites for hydroxylation is 2. The van der Waals surface area contributed by atoms with Crippen LogP contribution < -0.4 is 5.73 Å². The summed E-state index contributed by atoms with van der Waals surface area (Å²) in [6.07, 6.45) is 2.27. The Balaban J connectivity index is 2.45. The standard InChI is InChI=1S/C11H15NO/c1-9-5-2-3-6-10(9)7-4-8-11(12)13/h2-3,5-6H,4,7-8H2,1H3,(H2,12,13). The van der Waals surface area contributed by atoms with E-state index in [0.717, 1.165) is 12.8 Å². The second-order valence-corrected chi connectivity index (χ2v) is 3.25. The fourth-order valence-corrected chi connectivity index (χ4v) is 1.34. The van der Waals surface area contributed by atoms with E-state index in [1.807, 2.05) is 12.1 Å². The maximum Gasteiger partial charge on any atom is 0.217 e. The van der Waals surface area contributed by atoms with Crippen LogP contribution in [0.25, 0.3) is 0 Å². The molecule has 2 N–H and O–H groups in total. The predicted octanol–water partition coefficient (Wildman–Crippen LogP) is 1.80. The van der Waals surface area contributed by atoms with Crippen LogP contribution in [0.4, 0.5) is 0 Å². The van der Waals surface area contributed by atoms with E-state index < -0.39 is 0 Å². The van der Waals surface area contributed by atoms with Gasteiger partial charge in [-0.15, -0.1) is 0 Å². The van der Waals surface area contributed by atoms with Gasteiger partial charge in [-0.1, -0.05) is 24.3 Å². The number of amides is 1. The highest BCUT2D eigenvalue weighted by atomic mass is 16.1. The fraction of sp³-hybridized carbons (Fsp3) is 0.364. The van der Waals surface area contributed by atoms with E-state index in [9.17, 15) is 4.79 Å². The lowest BCUT2D eigenvalue weighted by Gasteiger charge is -2.03. The smallest absolute Gasteiger partial charge is 0.217 e. The molecule has 2 nitrogen and oxygen atoms in total. The Kier molecular flexibility index (Phi) is 3.50. The zero-order valence-corrected chi connectivity index (χ0v) is 7.92. The molecule has 0 unspecified atom stereocenters. The summed E-state index contributed by atoms with van der Waals surface area (Å²) in [5.41, 5.74) is 7.65. The van der Waals surface area contributed by atoms with Gasteiger partial charge in [-0.25, -0.2) is 0 Å². The van der Waals surface area contributed by atoms with Gasteiger partial charge in [0.05, 0.1) is 0 Å². The summed E-state index contributed by atoms with van der Waals surface area (Å²) >= 11 is 0. The van der Waals surface area contributed by atoms with Gasteiger partial charge in [0.15, 0.2) is 0 Å². The van der Waals surface area contributed by atoms with Crippen molar-refractivity contribution in [1.29, 1.82) is 0 Å². The van der Waals surface area contributed by atoms with E-state index in [1.165, 1.54) is 11.1 Å². The summed E-state index contributed by atoms with van der Waals surface area (Å²) in [5, 5.41) is 0. The van der Waals surface area contributed by atoms with Crippen molar-refractivity contribution < 1.29 is 4.79 Å². The molecular formula is C11H15NO. The molecular weight excluding hydrogens is 162 g/mol. The summed E-state index contributed by atoms with van der Waals surface area (Å²) in [7, 11) is 0. The largest absolute Gasteiger partial charge is 0.370 e. The normalized spacial score (nSPS) is 9.92. The number of nitrogens with two attached hydrogens (primary N) is 1. The van der Waals surface area contributed by atoms with Crippen molar-refractivity contribution in [2.45, 2.75) is 26.2 Å². The first-order valence-corrected chi connectivity index (χ1v) is 4.53. The highest BCUT2D eigenvalue weighted by Crippen LogP contribution is 2.10. The summed E-state index contributed by atoms with van der Waals surface area (Å²) < 4.78 is 0. The van der Waals surface area contributed by atoms with Crippen LogP contribution in [0.15, 0.2) is 24.3 Å². The minimum absolute atomic E-state index is 0.214. The third kappa shape index (κ3) is 3.28. The molecule has 0 radical (unpaired) electrons. The minimum atomic E-state index is -0.214. The van der Waals surface area contributed by atoms with Crippen molar-refractivity contribution in [1.82, 2.24) is 0 Å². The quantitative estimate of drug-likeness (QED) is 0.748. The number of hydrogen-bond donors (Lipinski definition) is 1. The van der Waals surface area contributed by atoms with Crippen LogP contribution in [0.5, 0.6) is 0 Å². The van der Waals surface area contributed by atoms with Crippen molar-refractivity contribution in [2.75, 3.05) is 0 Å². The molecule has 1 rings (SSSR count). The lowest BCUT2D eigenvalue weighted by molar-refractivity contribution is -0.118. The third-order valence-corrected chi connectivity index (χ3v) is 2.13. The summed E-state index contributed by atoms with van der Waals surface area (Å²) in [6, 6.07) is 8.22. The highest BCUT2D eigenvalue weighted by Gasteiger charge is 1.98. The first kappa shape index (κ1) is 9.78. The first-order chi connectivity index (χ1) is 6.20. The first-order valence-electron chi connectivity index (χ1n) is 4.53. The molecule has 0 bridgehead atoms. The molecule has 0 aliphatic carbocycles. The summed E-state index contributed by atoms with van der Waals surface area (Å²) in [6.45, 7) is 2.08. The van der Waals surface area contributed by atoms with Crippen molar-refractivity contribution in [3.05, 3.63) is 35.4 Å². The molecule has 1 aromatic rings. The molecule has 13 heavy (non-hydrogen) atoms. The van der Waals surface area contributed by atoms with Gasteiger partial charge in [-0.05, 0) is 30.9 Å². The molecule has 1 aromatic carbocycles. The van der Waals surface area contributed by atoms with Crippen molar-refractivity contribution in [3.63, 3.8) is 0 Å². The lowest BCUT2D eigenvalue weighted by atomic mass is 10.0. The van der Waals surface area contributed by atoms with Gasteiger partial charge in [0, 0.05) is 6.42 Å². The highest BCUT2D eigenvalue weighted by molar-refractivity contribution is 5.73. The van der Waals surface area contributed by atoms with Gasteiger partial charge in [-0.2, -0.15) is 0 Å². The lowest BCUT2D eigenvalue weighted by Crippen LogP contribution is -2.10. The molecule has 0 saturated heterocycles. The Hall–Kier alpha value is -1.31. The monoisotopic (exact) mass is 177 g/mol. The number of rotatable bonds is 4. The predicted molar refractivity (Wildman–Crippen MR) is 53.3 cm³/mol. The van der Waals surface area contributed by atoms with Gasteiger partial charge in [0.25, 0.3) is 0 Å². The maximum absolute atomic E-state index is 10.5. The van der Waals surface area contributed by atoms with E-state index in [1.54, 1.807) is 0 Å². The fourth-order valence-electron chi connectivity index (χ4n) is 1.34. The second kappa shape index (κ2) is 4.65. The van der Waals surface area contributed by atoms with Crippen LogP contribution in [-0.2, 0) is 11.2 Å². The Morgan fingerprint density at radius 3 is 2.69 bits per heavy atom. The molecule has 0 heterocycles. The van der Waals surface area contributed by atoms with Crippen LogP contribution in [-0.4, -0.2) is 5.91 Å². The molecule has 2 heteroatoms. The molecule has 0 spiro atoms. The van der Waals surface area contributed by atoms with E-state index in [0.29, 0.717) is 6.42 Å². The van der Waals surface area contributed by atoms with Gasteiger partial charge < -0.3 is 5.73 Å². The Morgan fingerprint density at radius 2 is 2.08 bits per heavy atom. The molecule has 0 aliphatic heterocycles. The van der Waals surface area contributed by atoms with Crippen molar-refractivity contribution in [3.8, 4) is 0 Å². The van der Waals surface area contributed by atoms with Crippen molar-refractivity contribution >= 4 is 5.91 Å². The van der Waals surface area contributed by atoms with Crippen LogP contribution in [0.2, 0.25) is 0 Å². The minimum Gasteiger partial charge on any atom is -0.370 e. The van der Waals surface area contributed by atoms with Gasteiger partial charge in [0.2, 0.25) is 5.91 Å². The summed E-state index contributed by atoms with van der Waals surface area (Å²) in [4.78, 5) is 10.5. The number of primary amides is 1. The zero-order valence-electron chi connectivity index (χ0n) is 7.92. The molecule has 70 valence electrons. The van der Waals surface area contributed by atoms with Gasteiger partial charge >= 0.3 is 0 Å².